The number of nitrogens with two attached hydrogens (primary N) is 3. The Bertz CT molecular complexity index is 1010. The Morgan fingerprint density at radius 3 is 2.06 bits per heavy atom. The zero-order chi connectivity index (χ0) is 25.8. The molecule has 2 rings (SSSR count). The first-order chi connectivity index (χ1) is 16.7. The highest BCUT2D eigenvalue weighted by Gasteiger charge is 2.28. The van der Waals surface area contributed by atoms with Crippen LogP contribution in [0.2, 0.25) is 0 Å². The Balaban J connectivity index is 2.11. The van der Waals surface area contributed by atoms with Gasteiger partial charge < -0.3 is 32.9 Å². The zero-order valence-electron chi connectivity index (χ0n) is 19.2. The summed E-state index contributed by atoms with van der Waals surface area (Å²) in [7, 11) is 0. The highest BCUT2D eigenvalue weighted by Crippen LogP contribution is 2.11. The lowest BCUT2D eigenvalue weighted by atomic mass is 10.0. The minimum absolute atomic E-state index is 0.0410. The molecule has 3 atom stereocenters. The maximum Gasteiger partial charge on any atom is 0.326 e. The van der Waals surface area contributed by atoms with Crippen molar-refractivity contribution in [2.45, 2.75) is 43.8 Å². The fourth-order valence-electron chi connectivity index (χ4n) is 3.32. The van der Waals surface area contributed by atoms with Crippen molar-refractivity contribution in [1.82, 2.24) is 10.6 Å². The molecule has 188 valence electrons. The van der Waals surface area contributed by atoms with Gasteiger partial charge in [-0.15, -0.1) is 0 Å². The van der Waals surface area contributed by atoms with Crippen LogP contribution in [0.1, 0.15) is 24.0 Å². The molecule has 0 radical (unpaired) electrons. The van der Waals surface area contributed by atoms with Gasteiger partial charge in [0.15, 0.2) is 5.96 Å². The largest absolute Gasteiger partial charge is 0.480 e. The van der Waals surface area contributed by atoms with Crippen LogP contribution in [0, 0.1) is 3.57 Å². The van der Waals surface area contributed by atoms with E-state index in [-0.39, 0.29) is 18.8 Å². The summed E-state index contributed by atoms with van der Waals surface area (Å²) in [5.74, 6) is -2.33. The fourth-order valence-corrected chi connectivity index (χ4v) is 3.68. The summed E-state index contributed by atoms with van der Waals surface area (Å²) in [6.07, 6.45) is 1.08. The summed E-state index contributed by atoms with van der Waals surface area (Å²) in [5.41, 5.74) is 18.2. The van der Waals surface area contributed by atoms with Gasteiger partial charge in [0.05, 0.1) is 6.04 Å². The standard InChI is InChI=1S/C24H31IN6O4/c25-17-10-8-16(9-11-17)13-19(30-21(32)18(26)7-4-12-29-24(27)28)22(33)31-20(23(34)35)14-15-5-2-1-3-6-15/h1-3,5-6,8-11,18-20H,4,7,12-14,26H2,(H,30,32)(H,31,33)(H,34,35)(H4,27,28,29)/t18-,19-,20-/m0/s1. The molecule has 0 heterocycles. The number of carboxylic acids is 1. The lowest BCUT2D eigenvalue weighted by Gasteiger charge is -2.23. The SMILES string of the molecule is NC(N)=NCCC[C@H](N)C(=O)N[C@@H](Cc1ccc(I)cc1)C(=O)N[C@@H](Cc1ccccc1)C(=O)O. The van der Waals surface area contributed by atoms with Crippen molar-refractivity contribution in [1.29, 1.82) is 0 Å². The third-order valence-corrected chi connectivity index (χ3v) is 5.91. The molecule has 0 fully saturated rings. The topological polar surface area (TPSA) is 186 Å². The van der Waals surface area contributed by atoms with E-state index in [9.17, 15) is 19.5 Å². The van der Waals surface area contributed by atoms with Crippen molar-refractivity contribution in [3.05, 3.63) is 69.3 Å². The maximum atomic E-state index is 13.1. The summed E-state index contributed by atoms with van der Waals surface area (Å²) in [4.78, 5) is 41.5. The monoisotopic (exact) mass is 594 g/mol. The predicted molar refractivity (Wildman–Crippen MR) is 142 cm³/mol. The normalized spacial score (nSPS) is 13.2. The zero-order valence-corrected chi connectivity index (χ0v) is 21.4. The number of nitrogens with zero attached hydrogens (tertiary/aromatic N) is 1. The number of aliphatic imine (C=N–C) groups is 1. The van der Waals surface area contributed by atoms with Crippen LogP contribution < -0.4 is 27.8 Å². The third kappa shape index (κ3) is 10.3. The van der Waals surface area contributed by atoms with E-state index in [1.54, 1.807) is 24.3 Å². The second kappa shape index (κ2) is 14.3. The Morgan fingerprint density at radius 1 is 0.886 bits per heavy atom. The van der Waals surface area contributed by atoms with Crippen LogP contribution in [0.4, 0.5) is 0 Å². The summed E-state index contributed by atoms with van der Waals surface area (Å²) < 4.78 is 1.02. The summed E-state index contributed by atoms with van der Waals surface area (Å²) in [6.45, 7) is 0.329. The number of carboxylic acid groups (broad SMARTS) is 1. The molecule has 0 aliphatic carbocycles. The molecule has 10 nitrogen and oxygen atoms in total. The van der Waals surface area contributed by atoms with Crippen LogP contribution in [-0.2, 0) is 27.2 Å². The average molecular weight is 594 g/mol. The minimum atomic E-state index is -1.17. The van der Waals surface area contributed by atoms with Crippen LogP contribution in [0.3, 0.4) is 0 Å². The molecule has 0 saturated carbocycles. The lowest BCUT2D eigenvalue weighted by Crippen LogP contribution is -2.55. The van der Waals surface area contributed by atoms with Crippen LogP contribution in [0.15, 0.2) is 59.6 Å². The second-order valence-electron chi connectivity index (χ2n) is 8.04. The number of rotatable bonds is 13. The molecule has 0 aromatic heterocycles. The summed E-state index contributed by atoms with van der Waals surface area (Å²) in [5, 5.41) is 14.9. The van der Waals surface area contributed by atoms with Crippen molar-refractivity contribution in [2.75, 3.05) is 6.54 Å². The molecule has 0 aliphatic rings. The first kappa shape index (κ1) is 28.1. The molecule has 0 bridgehead atoms. The molecule has 2 aromatic rings. The van der Waals surface area contributed by atoms with Crippen LogP contribution in [-0.4, -0.2) is 53.5 Å². The molecule has 2 amide bonds. The van der Waals surface area contributed by atoms with Crippen molar-refractivity contribution in [3.63, 3.8) is 0 Å². The number of nitrogens with one attached hydrogen (secondary N) is 2. The summed E-state index contributed by atoms with van der Waals surface area (Å²) >= 11 is 2.17. The first-order valence-electron chi connectivity index (χ1n) is 11.1. The smallest absolute Gasteiger partial charge is 0.326 e. The van der Waals surface area contributed by atoms with Crippen molar-refractivity contribution in [3.8, 4) is 0 Å². The van der Waals surface area contributed by atoms with E-state index in [4.69, 9.17) is 17.2 Å². The highest BCUT2D eigenvalue weighted by atomic mass is 127. The van der Waals surface area contributed by atoms with Gasteiger partial charge in [0.1, 0.15) is 12.1 Å². The number of benzene rings is 2. The minimum Gasteiger partial charge on any atom is -0.480 e. The third-order valence-electron chi connectivity index (χ3n) is 5.19. The first-order valence-corrected chi connectivity index (χ1v) is 12.2. The number of carbonyl (C=O) groups is 3. The van der Waals surface area contributed by atoms with Gasteiger partial charge in [-0.3, -0.25) is 14.6 Å². The Labute approximate surface area is 217 Å². The molecular formula is C24H31IN6O4. The van der Waals surface area contributed by atoms with Crippen molar-refractivity contribution in [2.24, 2.45) is 22.2 Å². The van der Waals surface area contributed by atoms with Crippen molar-refractivity contribution < 1.29 is 19.5 Å². The number of carbonyl (C=O) groups excluding carboxylic acids is 2. The molecule has 11 heteroatoms. The van der Waals surface area contributed by atoms with Gasteiger partial charge in [-0.1, -0.05) is 42.5 Å². The molecule has 0 aliphatic heterocycles. The molecule has 9 N–H and O–H groups in total. The molecule has 0 saturated heterocycles. The molecule has 2 aromatic carbocycles. The Hall–Kier alpha value is -3.19. The van der Waals surface area contributed by atoms with Gasteiger partial charge in [-0.2, -0.15) is 0 Å². The van der Waals surface area contributed by atoms with E-state index in [0.717, 1.165) is 14.7 Å². The van der Waals surface area contributed by atoms with E-state index in [2.05, 4.69) is 38.2 Å². The van der Waals surface area contributed by atoms with Crippen LogP contribution in [0.25, 0.3) is 0 Å². The van der Waals surface area contributed by atoms with Gasteiger partial charge >= 0.3 is 5.97 Å². The van der Waals surface area contributed by atoms with Crippen LogP contribution in [0.5, 0.6) is 0 Å². The Kier molecular flexibility index (Phi) is 11.4. The van der Waals surface area contributed by atoms with Crippen molar-refractivity contribution >= 4 is 46.3 Å². The second-order valence-corrected chi connectivity index (χ2v) is 9.28. The van der Waals surface area contributed by atoms with E-state index >= 15 is 0 Å². The number of halogens is 1. The lowest BCUT2D eigenvalue weighted by molar-refractivity contribution is -0.142. The van der Waals surface area contributed by atoms with E-state index < -0.39 is 35.9 Å². The number of guanidine groups is 1. The maximum absolute atomic E-state index is 13.1. The fraction of sp³-hybridized carbons (Fsp3) is 0.333. The number of aliphatic carboxylic acids is 1. The van der Waals surface area contributed by atoms with Gasteiger partial charge in [-0.25, -0.2) is 4.79 Å². The highest BCUT2D eigenvalue weighted by molar-refractivity contribution is 14.1. The number of amides is 2. The van der Waals surface area contributed by atoms with E-state index in [0.29, 0.717) is 19.4 Å². The van der Waals surface area contributed by atoms with E-state index in [1.807, 2.05) is 30.3 Å². The average Bonchev–Trinajstić information content (AvgIpc) is 2.82. The van der Waals surface area contributed by atoms with Gasteiger partial charge in [0.2, 0.25) is 11.8 Å². The summed E-state index contributed by atoms with van der Waals surface area (Å²) in [6, 6.07) is 13.4. The quantitative estimate of drug-likeness (QED) is 0.0844. The van der Waals surface area contributed by atoms with Gasteiger partial charge in [0, 0.05) is 23.0 Å². The predicted octanol–water partition coefficient (Wildman–Crippen LogP) is 0.512. The van der Waals surface area contributed by atoms with Gasteiger partial charge in [-0.05, 0) is 58.7 Å². The van der Waals surface area contributed by atoms with Crippen LogP contribution >= 0.6 is 22.6 Å². The molecule has 0 spiro atoms. The van der Waals surface area contributed by atoms with Gasteiger partial charge in [0.25, 0.3) is 0 Å². The van der Waals surface area contributed by atoms with E-state index in [1.165, 1.54) is 0 Å². The number of hydrogen-bond acceptors (Lipinski definition) is 5. The molecule has 0 unspecified atom stereocenters. The molecule has 35 heavy (non-hydrogen) atoms. The Morgan fingerprint density at radius 2 is 1.46 bits per heavy atom. The number of hydrogen-bond donors (Lipinski definition) is 6. The molecular weight excluding hydrogens is 563 g/mol.